The Morgan fingerprint density at radius 3 is 2.72 bits per heavy atom. The van der Waals surface area contributed by atoms with Crippen LogP contribution in [0.15, 0.2) is 0 Å². The first-order valence-electron chi connectivity index (χ1n) is 6.84. The van der Waals surface area contributed by atoms with Crippen molar-refractivity contribution >= 4 is 11.9 Å². The summed E-state index contributed by atoms with van der Waals surface area (Å²) >= 11 is 0. The number of hydrogen-bond acceptors (Lipinski definition) is 4. The molecule has 2 N–H and O–H groups in total. The third-order valence-corrected chi connectivity index (χ3v) is 3.26. The lowest BCUT2D eigenvalue weighted by Gasteiger charge is -2.35. The van der Waals surface area contributed by atoms with Gasteiger partial charge in [-0.2, -0.15) is 0 Å². The normalized spacial score (nSPS) is 21.5. The van der Waals surface area contributed by atoms with Crippen LogP contribution in [0.2, 0.25) is 0 Å². The van der Waals surface area contributed by atoms with Gasteiger partial charge in [-0.1, -0.05) is 13.3 Å². The minimum Gasteiger partial charge on any atom is -0.464 e. The molecule has 2 atom stereocenters. The van der Waals surface area contributed by atoms with E-state index in [4.69, 9.17) is 10.5 Å². The van der Waals surface area contributed by atoms with Crippen molar-refractivity contribution in [2.45, 2.75) is 58.0 Å². The summed E-state index contributed by atoms with van der Waals surface area (Å²) in [6.07, 6.45) is 4.09. The van der Waals surface area contributed by atoms with Gasteiger partial charge in [-0.25, -0.2) is 4.79 Å². The van der Waals surface area contributed by atoms with Crippen LogP contribution in [0.3, 0.4) is 0 Å². The number of ether oxygens (including phenoxy) is 1. The monoisotopic (exact) mass is 256 g/mol. The van der Waals surface area contributed by atoms with E-state index in [0.29, 0.717) is 26.0 Å². The molecule has 1 rings (SSSR count). The van der Waals surface area contributed by atoms with Crippen molar-refractivity contribution in [1.82, 2.24) is 4.90 Å². The highest BCUT2D eigenvalue weighted by atomic mass is 16.5. The smallest absolute Gasteiger partial charge is 0.328 e. The second-order valence-corrected chi connectivity index (χ2v) is 4.69. The standard InChI is InChI=1S/C13H24N2O3/c1-3-7-10(14)12(16)15-9-6-5-8-11(15)13(17)18-4-2/h10-11H,3-9,14H2,1-2H3/t10-,11?/m1/s1. The van der Waals surface area contributed by atoms with Crippen molar-refractivity contribution in [3.8, 4) is 0 Å². The van der Waals surface area contributed by atoms with Crippen molar-refractivity contribution in [3.05, 3.63) is 0 Å². The van der Waals surface area contributed by atoms with Crippen LogP contribution < -0.4 is 5.73 Å². The highest BCUT2D eigenvalue weighted by Gasteiger charge is 2.34. The Labute approximate surface area is 109 Å². The Bertz CT molecular complexity index is 294. The van der Waals surface area contributed by atoms with E-state index in [1.54, 1.807) is 11.8 Å². The number of amides is 1. The zero-order valence-electron chi connectivity index (χ0n) is 11.4. The van der Waals surface area contributed by atoms with Crippen LogP contribution in [0, 0.1) is 0 Å². The molecule has 18 heavy (non-hydrogen) atoms. The largest absolute Gasteiger partial charge is 0.464 e. The summed E-state index contributed by atoms with van der Waals surface area (Å²) in [6, 6.07) is -0.931. The molecule has 1 unspecified atom stereocenters. The van der Waals surface area contributed by atoms with Gasteiger partial charge < -0.3 is 15.4 Å². The first-order valence-corrected chi connectivity index (χ1v) is 6.84. The maximum absolute atomic E-state index is 12.2. The Balaban J connectivity index is 2.69. The zero-order valence-corrected chi connectivity index (χ0v) is 11.4. The van der Waals surface area contributed by atoms with Gasteiger partial charge in [0.15, 0.2) is 0 Å². The Kier molecular flexibility index (Phi) is 6.12. The van der Waals surface area contributed by atoms with Crippen molar-refractivity contribution in [3.63, 3.8) is 0 Å². The van der Waals surface area contributed by atoms with Crippen LogP contribution in [0.4, 0.5) is 0 Å². The molecule has 0 aromatic rings. The van der Waals surface area contributed by atoms with Crippen molar-refractivity contribution in [1.29, 1.82) is 0 Å². The summed E-state index contributed by atoms with van der Waals surface area (Å²) in [7, 11) is 0. The molecular weight excluding hydrogens is 232 g/mol. The predicted molar refractivity (Wildman–Crippen MR) is 68.9 cm³/mol. The van der Waals surface area contributed by atoms with Gasteiger partial charge in [0.05, 0.1) is 12.6 Å². The van der Waals surface area contributed by atoms with Gasteiger partial charge in [-0.05, 0) is 32.6 Å². The minimum absolute atomic E-state index is 0.116. The molecule has 1 amide bonds. The molecule has 1 aliphatic heterocycles. The number of carbonyl (C=O) groups excluding carboxylic acids is 2. The number of piperidine rings is 1. The second-order valence-electron chi connectivity index (χ2n) is 4.69. The van der Waals surface area contributed by atoms with E-state index in [0.717, 1.165) is 19.3 Å². The van der Waals surface area contributed by atoms with Gasteiger partial charge in [0.1, 0.15) is 6.04 Å². The summed E-state index contributed by atoms with van der Waals surface area (Å²) in [6.45, 7) is 4.72. The van der Waals surface area contributed by atoms with E-state index in [1.807, 2.05) is 6.92 Å². The minimum atomic E-state index is -0.495. The molecule has 5 heteroatoms. The number of nitrogens with zero attached hydrogens (tertiary/aromatic N) is 1. The third kappa shape index (κ3) is 3.70. The van der Waals surface area contributed by atoms with Crippen LogP contribution >= 0.6 is 0 Å². The van der Waals surface area contributed by atoms with Gasteiger partial charge in [-0.3, -0.25) is 4.79 Å². The lowest BCUT2D eigenvalue weighted by Crippen LogP contribution is -2.53. The lowest BCUT2D eigenvalue weighted by molar-refractivity contribution is -0.157. The molecule has 1 fully saturated rings. The fourth-order valence-electron chi connectivity index (χ4n) is 2.33. The molecule has 0 radical (unpaired) electrons. The highest BCUT2D eigenvalue weighted by molar-refractivity contribution is 5.87. The topological polar surface area (TPSA) is 72.6 Å². The van der Waals surface area contributed by atoms with E-state index >= 15 is 0 Å². The summed E-state index contributed by atoms with van der Waals surface area (Å²) in [5.74, 6) is -0.413. The molecule has 5 nitrogen and oxygen atoms in total. The first kappa shape index (κ1) is 15.0. The lowest BCUT2D eigenvalue weighted by atomic mass is 10.00. The Morgan fingerprint density at radius 1 is 1.39 bits per heavy atom. The van der Waals surface area contributed by atoms with E-state index in [9.17, 15) is 9.59 Å². The number of likely N-dealkylation sites (tertiary alicyclic amines) is 1. The summed E-state index contributed by atoms with van der Waals surface area (Å²) in [5.41, 5.74) is 5.85. The summed E-state index contributed by atoms with van der Waals surface area (Å²) < 4.78 is 5.03. The molecule has 104 valence electrons. The third-order valence-electron chi connectivity index (χ3n) is 3.26. The number of esters is 1. The molecule has 0 aliphatic carbocycles. The molecular formula is C13H24N2O3. The van der Waals surface area contributed by atoms with Gasteiger partial charge in [0.25, 0.3) is 0 Å². The predicted octanol–water partition coefficient (Wildman–Crippen LogP) is 1.06. The molecule has 0 saturated carbocycles. The molecule has 1 aliphatic rings. The van der Waals surface area contributed by atoms with Crippen molar-refractivity contribution in [2.24, 2.45) is 5.73 Å². The first-order chi connectivity index (χ1) is 8.61. The van der Waals surface area contributed by atoms with Crippen LogP contribution in [-0.2, 0) is 14.3 Å². The maximum Gasteiger partial charge on any atom is 0.328 e. The quantitative estimate of drug-likeness (QED) is 0.746. The van der Waals surface area contributed by atoms with Gasteiger partial charge in [0, 0.05) is 6.54 Å². The SMILES string of the molecule is CCC[C@@H](N)C(=O)N1CCCCC1C(=O)OCC. The molecule has 0 bridgehead atoms. The van der Waals surface area contributed by atoms with E-state index in [1.165, 1.54) is 0 Å². The molecule has 1 saturated heterocycles. The molecule has 0 aromatic heterocycles. The number of nitrogens with two attached hydrogens (primary N) is 1. The van der Waals surface area contributed by atoms with Crippen molar-refractivity contribution < 1.29 is 14.3 Å². The fourth-order valence-corrected chi connectivity index (χ4v) is 2.33. The number of hydrogen-bond donors (Lipinski definition) is 1. The molecule has 0 aromatic carbocycles. The van der Waals surface area contributed by atoms with E-state index < -0.39 is 12.1 Å². The van der Waals surface area contributed by atoms with Crippen molar-refractivity contribution in [2.75, 3.05) is 13.2 Å². The van der Waals surface area contributed by atoms with Crippen LogP contribution in [-0.4, -0.2) is 42.0 Å². The zero-order chi connectivity index (χ0) is 13.5. The fraction of sp³-hybridized carbons (Fsp3) is 0.846. The Morgan fingerprint density at radius 2 is 2.11 bits per heavy atom. The number of carbonyl (C=O) groups is 2. The second kappa shape index (κ2) is 7.36. The summed E-state index contributed by atoms with van der Waals surface area (Å²) in [4.78, 5) is 25.6. The maximum atomic E-state index is 12.2. The summed E-state index contributed by atoms with van der Waals surface area (Å²) in [5, 5.41) is 0. The van der Waals surface area contributed by atoms with Crippen LogP contribution in [0.1, 0.15) is 46.0 Å². The molecule has 1 heterocycles. The van der Waals surface area contributed by atoms with Gasteiger partial charge >= 0.3 is 5.97 Å². The van der Waals surface area contributed by atoms with E-state index in [-0.39, 0.29) is 11.9 Å². The van der Waals surface area contributed by atoms with Gasteiger partial charge in [-0.15, -0.1) is 0 Å². The highest BCUT2D eigenvalue weighted by Crippen LogP contribution is 2.19. The average Bonchev–Trinajstić information content (AvgIpc) is 2.38. The van der Waals surface area contributed by atoms with Crippen LogP contribution in [0.25, 0.3) is 0 Å². The number of rotatable bonds is 5. The van der Waals surface area contributed by atoms with Gasteiger partial charge in [0.2, 0.25) is 5.91 Å². The van der Waals surface area contributed by atoms with E-state index in [2.05, 4.69) is 0 Å². The average molecular weight is 256 g/mol. The van der Waals surface area contributed by atoms with Crippen LogP contribution in [0.5, 0.6) is 0 Å². The molecule has 0 spiro atoms. The Hall–Kier alpha value is -1.10.